The molecular formula is C19H17BrN2O3. The van der Waals surface area contributed by atoms with E-state index in [0.29, 0.717) is 21.5 Å². The van der Waals surface area contributed by atoms with Crippen LogP contribution in [0.3, 0.4) is 0 Å². The van der Waals surface area contributed by atoms with Gasteiger partial charge in [-0.1, -0.05) is 28.1 Å². The van der Waals surface area contributed by atoms with Crippen LogP contribution in [0.25, 0.3) is 6.08 Å². The van der Waals surface area contributed by atoms with Crippen molar-refractivity contribution in [3.05, 3.63) is 57.6 Å². The maximum Gasteiger partial charge on any atom is 0.280 e. The quantitative estimate of drug-likeness (QED) is 0.782. The van der Waals surface area contributed by atoms with Gasteiger partial charge in [0.2, 0.25) is 0 Å². The van der Waals surface area contributed by atoms with Crippen molar-refractivity contribution in [1.29, 1.82) is 0 Å². The molecule has 1 heterocycles. The van der Waals surface area contributed by atoms with E-state index >= 15 is 0 Å². The summed E-state index contributed by atoms with van der Waals surface area (Å²) >= 11 is 3.40. The first-order valence-electron chi connectivity index (χ1n) is 7.65. The zero-order chi connectivity index (χ0) is 18.1. The van der Waals surface area contributed by atoms with E-state index in [9.17, 15) is 9.90 Å². The number of aromatic hydroxyl groups is 1. The normalized spacial score (nSPS) is 15.7. The molecule has 1 aliphatic heterocycles. The Labute approximate surface area is 154 Å². The van der Waals surface area contributed by atoms with Crippen LogP contribution in [-0.2, 0) is 4.79 Å². The maximum atomic E-state index is 12.8. The van der Waals surface area contributed by atoms with Gasteiger partial charge in [-0.3, -0.25) is 4.79 Å². The SMILES string of the molecule is COc1cc(/C=C2\C(=O)N(c3cccc(C)c3)N=C2C)c(Br)cc1O. The molecule has 25 heavy (non-hydrogen) atoms. The first-order valence-corrected chi connectivity index (χ1v) is 8.45. The molecule has 6 heteroatoms. The van der Waals surface area contributed by atoms with E-state index in [4.69, 9.17) is 4.74 Å². The second kappa shape index (κ2) is 6.72. The Kier molecular flexibility index (Phi) is 4.63. The molecule has 2 aromatic carbocycles. The van der Waals surface area contributed by atoms with Crippen LogP contribution in [0.2, 0.25) is 0 Å². The molecule has 0 unspecified atom stereocenters. The summed E-state index contributed by atoms with van der Waals surface area (Å²) in [5.74, 6) is 0.175. The Morgan fingerprint density at radius 1 is 1.24 bits per heavy atom. The number of carbonyl (C=O) groups is 1. The van der Waals surface area contributed by atoms with E-state index < -0.39 is 0 Å². The fourth-order valence-corrected chi connectivity index (χ4v) is 3.05. The van der Waals surface area contributed by atoms with E-state index in [1.807, 2.05) is 31.2 Å². The van der Waals surface area contributed by atoms with Gasteiger partial charge in [-0.15, -0.1) is 0 Å². The molecular weight excluding hydrogens is 384 g/mol. The Bertz CT molecular complexity index is 919. The van der Waals surface area contributed by atoms with Gasteiger partial charge in [0.1, 0.15) is 0 Å². The second-order valence-corrected chi connectivity index (χ2v) is 6.60. The molecule has 0 atom stereocenters. The third kappa shape index (κ3) is 3.30. The molecule has 0 bridgehead atoms. The van der Waals surface area contributed by atoms with Crippen LogP contribution in [0.1, 0.15) is 18.1 Å². The molecule has 0 radical (unpaired) electrons. The van der Waals surface area contributed by atoms with Crippen LogP contribution in [-0.4, -0.2) is 23.8 Å². The van der Waals surface area contributed by atoms with Crippen molar-refractivity contribution < 1.29 is 14.6 Å². The summed E-state index contributed by atoms with van der Waals surface area (Å²) < 4.78 is 5.80. The van der Waals surface area contributed by atoms with Gasteiger partial charge in [-0.25, -0.2) is 0 Å². The number of hydrogen-bond donors (Lipinski definition) is 1. The number of ether oxygens (including phenoxy) is 1. The van der Waals surface area contributed by atoms with E-state index in [2.05, 4.69) is 21.0 Å². The minimum atomic E-state index is -0.193. The predicted molar refractivity (Wildman–Crippen MR) is 102 cm³/mol. The molecule has 0 saturated carbocycles. The maximum absolute atomic E-state index is 12.8. The number of amides is 1. The van der Waals surface area contributed by atoms with Gasteiger partial charge >= 0.3 is 0 Å². The number of rotatable bonds is 3. The van der Waals surface area contributed by atoms with Gasteiger partial charge in [0.15, 0.2) is 11.5 Å². The molecule has 1 N–H and O–H groups in total. The molecule has 128 valence electrons. The van der Waals surface area contributed by atoms with Crippen LogP contribution in [0.5, 0.6) is 11.5 Å². The number of nitrogens with zero attached hydrogens (tertiary/aromatic N) is 2. The van der Waals surface area contributed by atoms with Crippen LogP contribution in [0, 0.1) is 6.92 Å². The first kappa shape index (κ1) is 17.2. The summed E-state index contributed by atoms with van der Waals surface area (Å²) in [4.78, 5) is 12.8. The minimum Gasteiger partial charge on any atom is -0.504 e. The number of halogens is 1. The predicted octanol–water partition coefficient (Wildman–Crippen LogP) is 4.28. The summed E-state index contributed by atoms with van der Waals surface area (Å²) in [5, 5.41) is 15.6. The number of aryl methyl sites for hydroxylation is 1. The lowest BCUT2D eigenvalue weighted by Crippen LogP contribution is -2.21. The van der Waals surface area contributed by atoms with Crippen molar-refractivity contribution in [1.82, 2.24) is 0 Å². The lowest BCUT2D eigenvalue weighted by atomic mass is 10.1. The summed E-state index contributed by atoms with van der Waals surface area (Å²) in [7, 11) is 1.48. The number of carbonyl (C=O) groups excluding carboxylic acids is 1. The summed E-state index contributed by atoms with van der Waals surface area (Å²) in [5.41, 5.74) is 3.63. The van der Waals surface area contributed by atoms with Crippen molar-refractivity contribution in [3.8, 4) is 11.5 Å². The van der Waals surface area contributed by atoms with E-state index in [1.54, 1.807) is 19.1 Å². The number of methoxy groups -OCH3 is 1. The van der Waals surface area contributed by atoms with Gasteiger partial charge in [0.25, 0.3) is 5.91 Å². The standard InChI is InChI=1S/C19H17BrN2O3/c1-11-5-4-6-14(7-11)22-19(24)15(12(2)21-22)8-13-9-18(25-3)17(23)10-16(13)20/h4-10,23H,1-3H3/b15-8-. The van der Waals surface area contributed by atoms with Crippen molar-refractivity contribution in [2.75, 3.05) is 12.1 Å². The second-order valence-electron chi connectivity index (χ2n) is 5.74. The molecule has 3 rings (SSSR count). The van der Waals surface area contributed by atoms with Gasteiger partial charge in [-0.2, -0.15) is 10.1 Å². The molecule has 0 aliphatic carbocycles. The van der Waals surface area contributed by atoms with Crippen molar-refractivity contribution in [3.63, 3.8) is 0 Å². The molecule has 0 saturated heterocycles. The Morgan fingerprint density at radius 2 is 2.00 bits per heavy atom. The molecule has 0 fully saturated rings. The topological polar surface area (TPSA) is 62.1 Å². The van der Waals surface area contributed by atoms with Gasteiger partial charge < -0.3 is 9.84 Å². The summed E-state index contributed by atoms with van der Waals surface area (Å²) in [6, 6.07) is 10.8. The van der Waals surface area contributed by atoms with Crippen LogP contribution in [0.15, 0.2) is 51.5 Å². The van der Waals surface area contributed by atoms with Gasteiger partial charge in [0.05, 0.1) is 24.1 Å². The monoisotopic (exact) mass is 400 g/mol. The Balaban J connectivity index is 2.01. The highest BCUT2D eigenvalue weighted by atomic mass is 79.9. The van der Waals surface area contributed by atoms with Crippen molar-refractivity contribution in [2.24, 2.45) is 5.10 Å². The smallest absolute Gasteiger partial charge is 0.280 e. The Hall–Kier alpha value is -2.60. The van der Waals surface area contributed by atoms with Crippen LogP contribution in [0.4, 0.5) is 5.69 Å². The number of phenols is 1. The number of hydrazone groups is 1. The van der Waals surface area contributed by atoms with Crippen molar-refractivity contribution in [2.45, 2.75) is 13.8 Å². The fraction of sp³-hybridized carbons (Fsp3) is 0.158. The van der Waals surface area contributed by atoms with Crippen LogP contribution < -0.4 is 9.75 Å². The Morgan fingerprint density at radius 3 is 2.68 bits per heavy atom. The lowest BCUT2D eigenvalue weighted by Gasteiger charge is -2.12. The number of hydrogen-bond acceptors (Lipinski definition) is 4. The van der Waals surface area contributed by atoms with E-state index in [-0.39, 0.29) is 11.7 Å². The number of benzene rings is 2. The van der Waals surface area contributed by atoms with E-state index in [0.717, 1.165) is 16.8 Å². The highest BCUT2D eigenvalue weighted by molar-refractivity contribution is 9.10. The summed E-state index contributed by atoms with van der Waals surface area (Å²) in [6.07, 6.45) is 1.74. The van der Waals surface area contributed by atoms with E-state index in [1.165, 1.54) is 18.2 Å². The molecule has 1 aliphatic rings. The first-order chi connectivity index (χ1) is 11.9. The third-order valence-corrected chi connectivity index (χ3v) is 4.59. The number of phenolic OH excluding ortho intramolecular Hbond substituents is 1. The van der Waals surface area contributed by atoms with Gasteiger partial charge in [0, 0.05) is 4.47 Å². The highest BCUT2D eigenvalue weighted by Crippen LogP contribution is 2.34. The molecule has 1 amide bonds. The lowest BCUT2D eigenvalue weighted by molar-refractivity contribution is -0.114. The van der Waals surface area contributed by atoms with Gasteiger partial charge in [-0.05, 0) is 55.3 Å². The average Bonchev–Trinajstić information content (AvgIpc) is 2.85. The zero-order valence-corrected chi connectivity index (χ0v) is 15.7. The zero-order valence-electron chi connectivity index (χ0n) is 14.1. The molecule has 0 spiro atoms. The summed E-state index contributed by atoms with van der Waals surface area (Å²) in [6.45, 7) is 3.77. The largest absolute Gasteiger partial charge is 0.504 e. The number of anilines is 1. The molecule has 0 aromatic heterocycles. The highest BCUT2D eigenvalue weighted by Gasteiger charge is 2.29. The fourth-order valence-electron chi connectivity index (χ4n) is 2.61. The molecule has 5 nitrogen and oxygen atoms in total. The van der Waals surface area contributed by atoms with Crippen LogP contribution >= 0.6 is 15.9 Å². The van der Waals surface area contributed by atoms with Crippen molar-refractivity contribution >= 4 is 39.3 Å². The third-order valence-electron chi connectivity index (χ3n) is 3.91. The molecule has 2 aromatic rings. The average molecular weight is 401 g/mol. The minimum absolute atomic E-state index is 0.0287.